The highest BCUT2D eigenvalue weighted by atomic mass is 15.1. The second-order valence-electron chi connectivity index (χ2n) is 5.09. The Morgan fingerprint density at radius 1 is 1.33 bits per heavy atom. The van der Waals surface area contributed by atoms with Crippen molar-refractivity contribution in [2.24, 2.45) is 13.0 Å². The fourth-order valence-electron chi connectivity index (χ4n) is 2.05. The molecule has 1 aromatic rings. The fourth-order valence-corrected chi connectivity index (χ4v) is 2.05. The number of hydrogen-bond donors (Lipinski definition) is 0. The predicted molar refractivity (Wildman–Crippen MR) is 65.2 cm³/mol. The molecule has 2 heteroatoms. The average Bonchev–Trinajstić information content (AvgIpc) is 2.45. The van der Waals surface area contributed by atoms with Crippen LogP contribution in [-0.4, -0.2) is 9.55 Å². The standard InChI is InChI=1S/C13H24N2/c1-8-13(6,9(2)3)12-14-10(4)11(5)15(12)7/h9H,8H2,1-7H3. The van der Waals surface area contributed by atoms with Gasteiger partial charge in [-0.05, 0) is 26.2 Å². The van der Waals surface area contributed by atoms with Crippen molar-refractivity contribution in [3.8, 4) is 0 Å². The lowest BCUT2D eigenvalue weighted by Crippen LogP contribution is -2.31. The van der Waals surface area contributed by atoms with Crippen molar-refractivity contribution in [1.29, 1.82) is 0 Å². The molecule has 15 heavy (non-hydrogen) atoms. The number of nitrogens with zero attached hydrogens (tertiary/aromatic N) is 2. The van der Waals surface area contributed by atoms with E-state index in [0.29, 0.717) is 5.92 Å². The van der Waals surface area contributed by atoms with Gasteiger partial charge in [0.25, 0.3) is 0 Å². The van der Waals surface area contributed by atoms with Gasteiger partial charge in [-0.15, -0.1) is 0 Å². The SMILES string of the molecule is CCC(C)(c1nc(C)c(C)n1C)C(C)C. The van der Waals surface area contributed by atoms with Gasteiger partial charge in [0.05, 0.1) is 5.69 Å². The third-order valence-electron chi connectivity index (χ3n) is 4.14. The topological polar surface area (TPSA) is 17.8 Å². The van der Waals surface area contributed by atoms with Gasteiger partial charge in [-0.2, -0.15) is 0 Å². The second-order valence-corrected chi connectivity index (χ2v) is 5.09. The molecular formula is C13H24N2. The quantitative estimate of drug-likeness (QED) is 0.744. The maximum Gasteiger partial charge on any atom is 0.115 e. The molecular weight excluding hydrogens is 184 g/mol. The van der Waals surface area contributed by atoms with E-state index in [0.717, 1.165) is 12.1 Å². The Bertz CT molecular complexity index is 350. The van der Waals surface area contributed by atoms with Gasteiger partial charge in [-0.25, -0.2) is 4.98 Å². The van der Waals surface area contributed by atoms with E-state index >= 15 is 0 Å². The molecule has 0 bridgehead atoms. The van der Waals surface area contributed by atoms with Gasteiger partial charge in [-0.3, -0.25) is 0 Å². The first kappa shape index (κ1) is 12.3. The predicted octanol–water partition coefficient (Wildman–Crippen LogP) is 3.36. The summed E-state index contributed by atoms with van der Waals surface area (Å²) in [6.45, 7) is 13.4. The summed E-state index contributed by atoms with van der Waals surface area (Å²) in [5, 5.41) is 0. The van der Waals surface area contributed by atoms with Crippen molar-refractivity contribution in [3.63, 3.8) is 0 Å². The minimum absolute atomic E-state index is 0.188. The zero-order valence-electron chi connectivity index (χ0n) is 11.2. The van der Waals surface area contributed by atoms with Crippen LogP contribution in [0.5, 0.6) is 0 Å². The van der Waals surface area contributed by atoms with Crippen LogP contribution in [0.4, 0.5) is 0 Å². The molecule has 0 fully saturated rings. The Morgan fingerprint density at radius 3 is 2.13 bits per heavy atom. The molecule has 0 aliphatic heterocycles. The van der Waals surface area contributed by atoms with Crippen molar-refractivity contribution in [2.75, 3.05) is 0 Å². The van der Waals surface area contributed by atoms with Crippen LogP contribution in [0, 0.1) is 19.8 Å². The average molecular weight is 208 g/mol. The third kappa shape index (κ3) is 1.82. The van der Waals surface area contributed by atoms with Crippen molar-refractivity contribution in [2.45, 2.75) is 53.4 Å². The van der Waals surface area contributed by atoms with Crippen LogP contribution in [0.3, 0.4) is 0 Å². The molecule has 0 saturated carbocycles. The molecule has 1 heterocycles. The highest BCUT2D eigenvalue weighted by molar-refractivity contribution is 5.20. The molecule has 1 aromatic heterocycles. The van der Waals surface area contributed by atoms with E-state index in [1.54, 1.807) is 0 Å². The summed E-state index contributed by atoms with van der Waals surface area (Å²) in [4.78, 5) is 4.74. The van der Waals surface area contributed by atoms with E-state index in [9.17, 15) is 0 Å². The monoisotopic (exact) mass is 208 g/mol. The van der Waals surface area contributed by atoms with Gasteiger partial charge in [0.1, 0.15) is 5.82 Å². The van der Waals surface area contributed by atoms with Crippen molar-refractivity contribution >= 4 is 0 Å². The summed E-state index contributed by atoms with van der Waals surface area (Å²) in [5.74, 6) is 1.84. The molecule has 1 atom stereocenters. The molecule has 0 N–H and O–H groups in total. The van der Waals surface area contributed by atoms with Gasteiger partial charge < -0.3 is 4.57 Å². The molecule has 0 spiro atoms. The van der Waals surface area contributed by atoms with E-state index in [2.05, 4.69) is 53.2 Å². The van der Waals surface area contributed by atoms with E-state index in [4.69, 9.17) is 4.98 Å². The highest BCUT2D eigenvalue weighted by Crippen LogP contribution is 2.34. The van der Waals surface area contributed by atoms with Crippen LogP contribution in [0.25, 0.3) is 0 Å². The summed E-state index contributed by atoms with van der Waals surface area (Å²) in [6, 6.07) is 0. The second kappa shape index (κ2) is 3.99. The molecule has 2 nitrogen and oxygen atoms in total. The van der Waals surface area contributed by atoms with Gasteiger partial charge in [0.15, 0.2) is 0 Å². The number of hydrogen-bond acceptors (Lipinski definition) is 1. The molecule has 86 valence electrons. The summed E-state index contributed by atoms with van der Waals surface area (Å²) in [7, 11) is 2.13. The number of rotatable bonds is 3. The first-order valence-corrected chi connectivity index (χ1v) is 5.85. The lowest BCUT2D eigenvalue weighted by molar-refractivity contribution is 0.300. The number of imidazole rings is 1. The molecule has 0 aromatic carbocycles. The Morgan fingerprint density at radius 2 is 1.87 bits per heavy atom. The van der Waals surface area contributed by atoms with Gasteiger partial charge in [0.2, 0.25) is 0 Å². The zero-order valence-corrected chi connectivity index (χ0v) is 11.2. The minimum atomic E-state index is 0.188. The lowest BCUT2D eigenvalue weighted by Gasteiger charge is -2.32. The van der Waals surface area contributed by atoms with E-state index < -0.39 is 0 Å². The van der Waals surface area contributed by atoms with Crippen LogP contribution >= 0.6 is 0 Å². The molecule has 0 aliphatic rings. The van der Waals surface area contributed by atoms with Crippen LogP contribution in [0.15, 0.2) is 0 Å². The van der Waals surface area contributed by atoms with Gasteiger partial charge in [-0.1, -0.05) is 27.7 Å². The molecule has 1 unspecified atom stereocenters. The van der Waals surface area contributed by atoms with E-state index in [1.165, 1.54) is 11.5 Å². The Labute approximate surface area is 93.7 Å². The molecule has 0 saturated heterocycles. The zero-order chi connectivity index (χ0) is 11.8. The Balaban J connectivity index is 3.30. The summed E-state index contributed by atoms with van der Waals surface area (Å²) in [5.41, 5.74) is 2.63. The van der Waals surface area contributed by atoms with Crippen molar-refractivity contribution in [1.82, 2.24) is 9.55 Å². The molecule has 0 amide bonds. The Kier molecular flexibility index (Phi) is 3.27. The lowest BCUT2D eigenvalue weighted by atomic mass is 9.76. The van der Waals surface area contributed by atoms with Gasteiger partial charge >= 0.3 is 0 Å². The maximum absolute atomic E-state index is 4.74. The number of aromatic nitrogens is 2. The minimum Gasteiger partial charge on any atom is -0.335 e. The van der Waals surface area contributed by atoms with E-state index in [-0.39, 0.29) is 5.41 Å². The van der Waals surface area contributed by atoms with Crippen LogP contribution in [-0.2, 0) is 12.5 Å². The van der Waals surface area contributed by atoms with Crippen molar-refractivity contribution < 1.29 is 0 Å². The van der Waals surface area contributed by atoms with Crippen LogP contribution in [0.2, 0.25) is 0 Å². The Hall–Kier alpha value is -0.790. The first-order valence-electron chi connectivity index (χ1n) is 5.85. The molecule has 0 aliphatic carbocycles. The van der Waals surface area contributed by atoms with Crippen LogP contribution < -0.4 is 0 Å². The smallest absolute Gasteiger partial charge is 0.115 e. The summed E-state index contributed by atoms with van der Waals surface area (Å²) in [6.07, 6.45) is 1.13. The normalized spacial score (nSPS) is 15.7. The molecule has 1 rings (SSSR count). The first-order chi connectivity index (χ1) is 6.84. The van der Waals surface area contributed by atoms with Crippen molar-refractivity contribution in [3.05, 3.63) is 17.2 Å². The summed E-state index contributed by atoms with van der Waals surface area (Å²) >= 11 is 0. The molecule has 0 radical (unpaired) electrons. The largest absolute Gasteiger partial charge is 0.335 e. The summed E-state index contributed by atoms with van der Waals surface area (Å²) < 4.78 is 2.25. The van der Waals surface area contributed by atoms with Gasteiger partial charge in [0, 0.05) is 18.2 Å². The van der Waals surface area contributed by atoms with Crippen LogP contribution in [0.1, 0.15) is 51.3 Å². The van der Waals surface area contributed by atoms with E-state index in [1.807, 2.05) is 0 Å². The highest BCUT2D eigenvalue weighted by Gasteiger charge is 2.33. The maximum atomic E-state index is 4.74. The third-order valence-corrected chi connectivity index (χ3v) is 4.14. The number of aryl methyl sites for hydroxylation is 1. The fraction of sp³-hybridized carbons (Fsp3) is 0.769.